The van der Waals surface area contributed by atoms with Gasteiger partial charge in [0.05, 0.1) is 18.7 Å². The Balaban J connectivity index is 0.00000408. The van der Waals surface area contributed by atoms with Gasteiger partial charge in [0, 0.05) is 14.0 Å². The Morgan fingerprint density at radius 1 is 1.15 bits per heavy atom. The number of hydrogen-bond donors (Lipinski definition) is 2. The van der Waals surface area contributed by atoms with Crippen LogP contribution in [0.5, 0.6) is 0 Å². The monoisotopic (exact) mass is 487 g/mol. The molecule has 1 aliphatic heterocycles. The molecule has 11 heteroatoms. The van der Waals surface area contributed by atoms with E-state index in [1.165, 1.54) is 25.1 Å². The number of amides is 4. The van der Waals surface area contributed by atoms with Crippen molar-refractivity contribution in [2.75, 3.05) is 7.05 Å². The Morgan fingerprint density at radius 3 is 2.24 bits per heavy atom. The van der Waals surface area contributed by atoms with Crippen molar-refractivity contribution in [3.05, 3.63) is 71.3 Å². The summed E-state index contributed by atoms with van der Waals surface area (Å²) in [5.41, 5.74) is 0.278. The van der Waals surface area contributed by atoms with E-state index >= 15 is 0 Å². The number of carbonyl (C=O) groups is 4. The lowest BCUT2D eigenvalue weighted by Crippen LogP contribution is -2.52. The zero-order chi connectivity index (χ0) is 24.3. The van der Waals surface area contributed by atoms with E-state index in [2.05, 4.69) is 5.10 Å². The number of aliphatic carboxylic acids is 1. The van der Waals surface area contributed by atoms with Crippen LogP contribution >= 0.6 is 12.4 Å². The third kappa shape index (κ3) is 4.58. The van der Waals surface area contributed by atoms with Gasteiger partial charge in [-0.25, -0.2) is 9.80 Å². The average Bonchev–Trinajstić information content (AvgIpc) is 2.96. The maximum absolute atomic E-state index is 13.7. The quantitative estimate of drug-likeness (QED) is 0.266. The van der Waals surface area contributed by atoms with Gasteiger partial charge in [-0.3, -0.25) is 14.4 Å². The van der Waals surface area contributed by atoms with Crippen molar-refractivity contribution < 1.29 is 24.3 Å². The van der Waals surface area contributed by atoms with Crippen LogP contribution in [0.2, 0.25) is 0 Å². The molecule has 10 nitrogen and oxygen atoms in total. The minimum Gasteiger partial charge on any atom is -0.481 e. The van der Waals surface area contributed by atoms with Gasteiger partial charge in [-0.15, -0.1) is 12.4 Å². The van der Waals surface area contributed by atoms with Gasteiger partial charge in [0.15, 0.2) is 0 Å². The number of imide groups is 1. The molecule has 2 atom stereocenters. The summed E-state index contributed by atoms with van der Waals surface area (Å²) in [5, 5.41) is 14.6. The molecule has 0 saturated carbocycles. The summed E-state index contributed by atoms with van der Waals surface area (Å²) >= 11 is 0. The first kappa shape index (κ1) is 26.3. The number of nitrogens with two attached hydrogens (primary N) is 1. The van der Waals surface area contributed by atoms with Gasteiger partial charge in [-0.2, -0.15) is 10.1 Å². The van der Waals surface area contributed by atoms with Crippen LogP contribution in [0.15, 0.2) is 59.7 Å². The van der Waals surface area contributed by atoms with Crippen LogP contribution in [0.3, 0.4) is 0 Å². The third-order valence-electron chi connectivity index (χ3n) is 5.83. The van der Waals surface area contributed by atoms with Crippen LogP contribution in [0.25, 0.3) is 0 Å². The van der Waals surface area contributed by atoms with Gasteiger partial charge in [0.2, 0.25) is 5.91 Å². The molecule has 1 saturated heterocycles. The molecule has 1 aliphatic rings. The molecule has 3 N–H and O–H groups in total. The summed E-state index contributed by atoms with van der Waals surface area (Å²) in [5.74, 6) is 2.69. The molecule has 2 aromatic rings. The van der Waals surface area contributed by atoms with Crippen LogP contribution in [-0.4, -0.2) is 57.1 Å². The fourth-order valence-corrected chi connectivity index (χ4v) is 3.94. The molecule has 2 aromatic carbocycles. The fourth-order valence-electron chi connectivity index (χ4n) is 3.94. The maximum Gasteiger partial charge on any atom is 0.347 e. The zero-order valence-electron chi connectivity index (χ0n) is 18.9. The summed E-state index contributed by atoms with van der Waals surface area (Å²) in [7, 11) is 1.46. The molecule has 34 heavy (non-hydrogen) atoms. The number of halogens is 1. The van der Waals surface area contributed by atoms with Gasteiger partial charge in [-0.1, -0.05) is 54.6 Å². The number of carboxylic acid groups (broad SMARTS) is 1. The van der Waals surface area contributed by atoms with Gasteiger partial charge in [0.25, 0.3) is 5.91 Å². The molecule has 0 aromatic heterocycles. The number of rotatable bonds is 7. The molecule has 4 amide bonds. The van der Waals surface area contributed by atoms with Gasteiger partial charge in [0.1, 0.15) is 5.54 Å². The van der Waals surface area contributed by atoms with E-state index in [1.54, 1.807) is 61.5 Å². The van der Waals surface area contributed by atoms with Crippen molar-refractivity contribution in [1.82, 2.24) is 14.9 Å². The lowest BCUT2D eigenvalue weighted by atomic mass is 9.90. The van der Waals surface area contributed by atoms with Crippen LogP contribution < -0.4 is 5.84 Å². The first-order valence-corrected chi connectivity index (χ1v) is 10.2. The topological polar surface area (TPSA) is 137 Å². The molecule has 0 radical (unpaired) electrons. The first-order valence-electron chi connectivity index (χ1n) is 10.2. The van der Waals surface area contributed by atoms with E-state index < -0.39 is 41.8 Å². The summed E-state index contributed by atoms with van der Waals surface area (Å²) in [6, 6.07) is 13.4. The van der Waals surface area contributed by atoms with Crippen LogP contribution in [0.1, 0.15) is 43.0 Å². The highest BCUT2D eigenvalue weighted by Crippen LogP contribution is 2.39. The van der Waals surface area contributed by atoms with Crippen molar-refractivity contribution in [3.8, 4) is 0 Å². The second kappa shape index (κ2) is 10.3. The van der Waals surface area contributed by atoms with Crippen LogP contribution in [-0.2, 0) is 19.9 Å². The van der Waals surface area contributed by atoms with Crippen molar-refractivity contribution in [3.63, 3.8) is 0 Å². The normalized spacial score (nSPS) is 18.7. The highest BCUT2D eigenvalue weighted by atomic mass is 35.5. The van der Waals surface area contributed by atoms with E-state index in [0.29, 0.717) is 16.7 Å². The Labute approximate surface area is 203 Å². The Hall–Kier alpha value is -3.92. The summed E-state index contributed by atoms with van der Waals surface area (Å²) < 4.78 is 0. The molecule has 0 unspecified atom stereocenters. The lowest BCUT2D eigenvalue weighted by Gasteiger charge is -2.35. The standard InChI is InChI=1S/C23H25N5O5.ClH/c1-15(29)27(19(13-20(30)31)17-7-5-4-6-8-17)28-21(32)23(2,26(3)22(28)33)18-11-9-16(10-12-18)14-25-24;/h4-12,14,19H,13,24H2,1-3H3,(H,30,31);1H/t19-,23-;/m1./s1. The highest BCUT2D eigenvalue weighted by Gasteiger charge is 2.57. The Morgan fingerprint density at radius 2 is 1.74 bits per heavy atom. The van der Waals surface area contributed by atoms with Crippen molar-refractivity contribution in [2.24, 2.45) is 10.9 Å². The first-order chi connectivity index (χ1) is 15.6. The number of hydrazone groups is 1. The number of hydrazine groups is 1. The number of carbonyl (C=O) groups excluding carboxylic acids is 3. The van der Waals surface area contributed by atoms with E-state index in [-0.39, 0.29) is 12.4 Å². The molecule has 1 heterocycles. The number of likely N-dealkylation sites (N-methyl/N-ethyl adjacent to an activating group) is 1. The highest BCUT2D eigenvalue weighted by molar-refractivity contribution is 6.08. The van der Waals surface area contributed by atoms with E-state index in [1.807, 2.05) is 0 Å². The number of urea groups is 1. The summed E-state index contributed by atoms with van der Waals surface area (Å²) in [6.07, 6.45) is 0.950. The summed E-state index contributed by atoms with van der Waals surface area (Å²) in [6.45, 7) is 2.77. The SMILES string of the molecule is CC(=O)N([C@H](CC(=O)O)c1ccccc1)N1C(=O)N(C)[C@](C)(c2ccc(C=NN)cc2)C1=O.Cl. The molecule has 180 valence electrons. The maximum atomic E-state index is 13.7. The lowest BCUT2D eigenvalue weighted by molar-refractivity contribution is -0.162. The number of hydrogen-bond acceptors (Lipinski definition) is 6. The molecule has 3 rings (SSSR count). The van der Waals surface area contributed by atoms with Crippen molar-refractivity contribution in [1.29, 1.82) is 0 Å². The van der Waals surface area contributed by atoms with E-state index in [0.717, 1.165) is 10.0 Å². The Bertz CT molecular complexity index is 1110. The fraction of sp³-hybridized carbons (Fsp3) is 0.261. The predicted octanol–water partition coefficient (Wildman–Crippen LogP) is 2.49. The second-order valence-electron chi connectivity index (χ2n) is 7.82. The van der Waals surface area contributed by atoms with Gasteiger partial charge in [-0.05, 0) is 23.6 Å². The van der Waals surface area contributed by atoms with Crippen LogP contribution in [0, 0.1) is 0 Å². The number of carboxylic acids is 1. The zero-order valence-corrected chi connectivity index (χ0v) is 19.7. The van der Waals surface area contributed by atoms with Gasteiger partial charge >= 0.3 is 12.0 Å². The van der Waals surface area contributed by atoms with Crippen molar-refractivity contribution >= 4 is 42.4 Å². The molecule has 0 bridgehead atoms. The predicted molar refractivity (Wildman–Crippen MR) is 127 cm³/mol. The molecule has 1 fully saturated rings. The van der Waals surface area contributed by atoms with Crippen LogP contribution in [0.4, 0.5) is 4.79 Å². The largest absolute Gasteiger partial charge is 0.481 e. The second-order valence-corrected chi connectivity index (χ2v) is 7.82. The molecule has 0 spiro atoms. The minimum atomic E-state index is -1.42. The smallest absolute Gasteiger partial charge is 0.347 e. The Kier molecular flexibility index (Phi) is 8.01. The number of nitrogens with zero attached hydrogens (tertiary/aromatic N) is 4. The van der Waals surface area contributed by atoms with Gasteiger partial charge < -0.3 is 15.8 Å². The number of benzene rings is 2. The van der Waals surface area contributed by atoms with Crippen molar-refractivity contribution in [2.45, 2.75) is 31.8 Å². The average molecular weight is 488 g/mol. The molecule has 0 aliphatic carbocycles. The van der Waals surface area contributed by atoms with E-state index in [4.69, 9.17) is 5.84 Å². The summed E-state index contributed by atoms with van der Waals surface area (Å²) in [4.78, 5) is 52.6. The molecular weight excluding hydrogens is 462 g/mol. The minimum absolute atomic E-state index is 0. The molecular formula is C23H26ClN5O5. The van der Waals surface area contributed by atoms with E-state index in [9.17, 15) is 24.3 Å². The third-order valence-corrected chi connectivity index (χ3v) is 5.83.